The van der Waals surface area contributed by atoms with E-state index in [1.54, 1.807) is 18.2 Å². The zero-order valence-electron chi connectivity index (χ0n) is 8.29. The Morgan fingerprint density at radius 2 is 2.31 bits per heavy atom. The van der Waals surface area contributed by atoms with Crippen LogP contribution in [0.15, 0.2) is 28.7 Å². The summed E-state index contributed by atoms with van der Waals surface area (Å²) >= 11 is 3.30. The fraction of sp³-hybridized carbons (Fsp3) is 0.455. The molecule has 86 valence electrons. The van der Waals surface area contributed by atoms with Crippen molar-refractivity contribution in [1.29, 1.82) is 0 Å². The summed E-state index contributed by atoms with van der Waals surface area (Å²) < 4.78 is 27.5. The summed E-state index contributed by atoms with van der Waals surface area (Å²) in [5.41, 5.74) is 1.80. The first-order valence-electron chi connectivity index (χ1n) is 5.11. The van der Waals surface area contributed by atoms with E-state index in [0.717, 1.165) is 4.47 Å². The van der Waals surface area contributed by atoms with Gasteiger partial charge in [0.05, 0.1) is 6.10 Å². The zero-order chi connectivity index (χ0) is 11.3. The van der Waals surface area contributed by atoms with E-state index in [4.69, 9.17) is 4.84 Å². The molecule has 2 aliphatic rings. The summed E-state index contributed by atoms with van der Waals surface area (Å²) in [6.07, 6.45) is -1.81. The van der Waals surface area contributed by atoms with Gasteiger partial charge in [0.2, 0.25) is 0 Å². The molecule has 0 radical (unpaired) electrons. The van der Waals surface area contributed by atoms with E-state index >= 15 is 0 Å². The molecule has 2 nitrogen and oxygen atoms in total. The molecule has 1 saturated carbocycles. The highest BCUT2D eigenvalue weighted by molar-refractivity contribution is 9.10. The Labute approximate surface area is 100 Å². The van der Waals surface area contributed by atoms with Crippen LogP contribution >= 0.6 is 15.9 Å². The molecule has 1 aliphatic heterocycles. The molecule has 2 fully saturated rings. The number of hydroxylamine groups is 1. The van der Waals surface area contributed by atoms with Gasteiger partial charge in [-0.2, -0.15) is 5.48 Å². The number of halogens is 3. The van der Waals surface area contributed by atoms with Crippen molar-refractivity contribution in [2.75, 3.05) is 0 Å². The molecule has 0 spiro atoms. The predicted octanol–water partition coefficient (Wildman–Crippen LogP) is 2.83. The Morgan fingerprint density at radius 3 is 2.81 bits per heavy atom. The van der Waals surface area contributed by atoms with Crippen LogP contribution in [0.25, 0.3) is 0 Å². The predicted molar refractivity (Wildman–Crippen MR) is 57.9 cm³/mol. The summed E-state index contributed by atoms with van der Waals surface area (Å²) in [5, 5.41) is 0. The fourth-order valence-corrected chi connectivity index (χ4v) is 2.78. The van der Waals surface area contributed by atoms with Crippen molar-refractivity contribution in [1.82, 2.24) is 5.48 Å². The largest absolute Gasteiger partial charge is 0.297 e. The van der Waals surface area contributed by atoms with Crippen molar-refractivity contribution in [3.63, 3.8) is 0 Å². The summed E-state index contributed by atoms with van der Waals surface area (Å²) in [4.78, 5) is 5.15. The van der Waals surface area contributed by atoms with Crippen LogP contribution in [0.3, 0.4) is 0 Å². The van der Waals surface area contributed by atoms with Gasteiger partial charge in [0, 0.05) is 10.4 Å². The van der Waals surface area contributed by atoms with E-state index in [1.807, 2.05) is 6.07 Å². The van der Waals surface area contributed by atoms with Gasteiger partial charge in [0.25, 0.3) is 6.43 Å². The highest BCUT2D eigenvalue weighted by Crippen LogP contribution is 2.55. The van der Waals surface area contributed by atoms with Gasteiger partial charge in [-0.3, -0.25) is 4.84 Å². The molecular weight excluding hydrogens is 280 g/mol. The molecule has 1 unspecified atom stereocenters. The molecule has 0 amide bonds. The van der Waals surface area contributed by atoms with Crippen molar-refractivity contribution in [2.24, 2.45) is 5.92 Å². The molecule has 3 rings (SSSR count). The second kappa shape index (κ2) is 3.48. The first-order valence-corrected chi connectivity index (χ1v) is 5.91. The molecule has 0 aromatic heterocycles. The highest BCUT2D eigenvalue weighted by Gasteiger charge is 2.65. The van der Waals surface area contributed by atoms with Crippen LogP contribution in [0, 0.1) is 5.92 Å². The SMILES string of the molecule is FC(F)[C@]1(c2cccc(Br)c2)NOC2C[C@@H]21. The molecular formula is C11H10BrF2NO. The van der Waals surface area contributed by atoms with Gasteiger partial charge in [-0.05, 0) is 24.1 Å². The Morgan fingerprint density at radius 1 is 1.50 bits per heavy atom. The Bertz CT molecular complexity index is 428. The Balaban J connectivity index is 2.07. The standard InChI is InChI=1S/C11H10BrF2NO/c12-7-3-1-2-6(4-7)11(10(13)14)8-5-9(8)16-15-11/h1-4,8-10,15H,5H2/t8-,9?,11+/m0/s1. The van der Waals surface area contributed by atoms with Crippen molar-refractivity contribution < 1.29 is 13.6 Å². The number of hydrogen-bond acceptors (Lipinski definition) is 2. The molecule has 0 bridgehead atoms. The maximum Gasteiger partial charge on any atom is 0.263 e. The molecule has 5 heteroatoms. The lowest BCUT2D eigenvalue weighted by molar-refractivity contribution is -0.0552. The van der Waals surface area contributed by atoms with Crippen molar-refractivity contribution in [2.45, 2.75) is 24.5 Å². The van der Waals surface area contributed by atoms with Gasteiger partial charge < -0.3 is 0 Å². The third-order valence-corrected chi connectivity index (χ3v) is 3.84. The van der Waals surface area contributed by atoms with Gasteiger partial charge in [-0.15, -0.1) is 0 Å². The summed E-state index contributed by atoms with van der Waals surface area (Å²) in [7, 11) is 0. The molecule has 1 N–H and O–H groups in total. The van der Waals surface area contributed by atoms with E-state index in [9.17, 15) is 8.78 Å². The van der Waals surface area contributed by atoms with Crippen LogP contribution in [0.4, 0.5) is 8.78 Å². The molecule has 3 atom stereocenters. The Kier molecular flexibility index (Phi) is 2.31. The lowest BCUT2D eigenvalue weighted by atomic mass is 9.86. The maximum absolute atomic E-state index is 13.3. The topological polar surface area (TPSA) is 21.3 Å². The van der Waals surface area contributed by atoms with Crippen LogP contribution in [-0.2, 0) is 10.4 Å². The normalized spacial score (nSPS) is 36.5. The molecule has 1 aromatic rings. The van der Waals surface area contributed by atoms with Gasteiger partial charge in [-0.1, -0.05) is 28.1 Å². The van der Waals surface area contributed by atoms with Gasteiger partial charge in [-0.25, -0.2) is 8.78 Å². The van der Waals surface area contributed by atoms with Crippen LogP contribution < -0.4 is 5.48 Å². The number of benzene rings is 1. The van der Waals surface area contributed by atoms with Crippen LogP contribution in [0.5, 0.6) is 0 Å². The van der Waals surface area contributed by atoms with E-state index in [0.29, 0.717) is 12.0 Å². The minimum atomic E-state index is -2.47. The third-order valence-electron chi connectivity index (χ3n) is 3.34. The van der Waals surface area contributed by atoms with Crippen LogP contribution in [0.2, 0.25) is 0 Å². The summed E-state index contributed by atoms with van der Waals surface area (Å²) in [6, 6.07) is 7.03. The molecule has 1 heterocycles. The summed E-state index contributed by atoms with van der Waals surface area (Å²) in [5.74, 6) is -0.109. The summed E-state index contributed by atoms with van der Waals surface area (Å²) in [6.45, 7) is 0. The van der Waals surface area contributed by atoms with E-state index in [1.165, 1.54) is 0 Å². The number of hydrogen-bond donors (Lipinski definition) is 1. The van der Waals surface area contributed by atoms with Gasteiger partial charge in [0.1, 0.15) is 5.54 Å². The van der Waals surface area contributed by atoms with E-state index in [-0.39, 0.29) is 12.0 Å². The van der Waals surface area contributed by atoms with Crippen molar-refractivity contribution >= 4 is 15.9 Å². The third kappa shape index (κ3) is 1.35. The minimum absolute atomic E-state index is 0.0482. The van der Waals surface area contributed by atoms with E-state index in [2.05, 4.69) is 21.4 Å². The number of alkyl halides is 2. The van der Waals surface area contributed by atoms with Gasteiger partial charge in [0.15, 0.2) is 0 Å². The molecule has 1 aromatic carbocycles. The Hall–Kier alpha value is -0.520. The van der Waals surface area contributed by atoms with Crippen LogP contribution in [0.1, 0.15) is 12.0 Å². The molecule has 1 aliphatic carbocycles. The smallest absolute Gasteiger partial charge is 0.263 e. The lowest BCUT2D eigenvalue weighted by Crippen LogP contribution is -2.46. The van der Waals surface area contributed by atoms with E-state index < -0.39 is 12.0 Å². The lowest BCUT2D eigenvalue weighted by Gasteiger charge is -2.30. The second-order valence-electron chi connectivity index (χ2n) is 4.28. The first kappa shape index (κ1) is 10.6. The average Bonchev–Trinajstić information content (AvgIpc) is 2.92. The second-order valence-corrected chi connectivity index (χ2v) is 5.20. The molecule has 16 heavy (non-hydrogen) atoms. The highest BCUT2D eigenvalue weighted by atomic mass is 79.9. The van der Waals surface area contributed by atoms with Crippen LogP contribution in [-0.4, -0.2) is 12.5 Å². The first-order chi connectivity index (χ1) is 7.64. The number of rotatable bonds is 2. The fourth-order valence-electron chi connectivity index (χ4n) is 2.38. The zero-order valence-corrected chi connectivity index (χ0v) is 9.88. The number of fused-ring (bicyclic) bond motifs is 1. The monoisotopic (exact) mass is 289 g/mol. The quantitative estimate of drug-likeness (QED) is 0.904. The number of nitrogens with one attached hydrogen (secondary N) is 1. The van der Waals surface area contributed by atoms with Crippen molar-refractivity contribution in [3.05, 3.63) is 34.3 Å². The minimum Gasteiger partial charge on any atom is -0.297 e. The van der Waals surface area contributed by atoms with Gasteiger partial charge >= 0.3 is 0 Å². The average molecular weight is 290 g/mol. The maximum atomic E-state index is 13.3. The molecule has 1 saturated heterocycles. The van der Waals surface area contributed by atoms with Crippen molar-refractivity contribution in [3.8, 4) is 0 Å².